The maximum absolute atomic E-state index is 6.02. The van der Waals surface area contributed by atoms with E-state index in [0.717, 1.165) is 39.3 Å². The third-order valence-corrected chi connectivity index (χ3v) is 8.64. The first-order chi connectivity index (χ1) is 21.7. The first-order valence-electron chi connectivity index (χ1n) is 19.5. The molecular weight excluding hydrogens is 538 g/mol. The molecule has 0 amide bonds. The first-order valence-corrected chi connectivity index (χ1v) is 19.5. The highest BCUT2D eigenvalue weighted by atomic mass is 16.5. The van der Waals surface area contributed by atoms with E-state index in [1.54, 1.807) is 0 Å². The molecule has 44 heavy (non-hydrogen) atoms. The van der Waals surface area contributed by atoms with Gasteiger partial charge in [0.15, 0.2) is 0 Å². The van der Waals surface area contributed by atoms with Crippen molar-refractivity contribution in [3.63, 3.8) is 0 Å². The summed E-state index contributed by atoms with van der Waals surface area (Å²) in [6.07, 6.45) is 48.6. The second-order valence-electron chi connectivity index (χ2n) is 13.3. The lowest BCUT2D eigenvalue weighted by molar-refractivity contribution is 0.0199. The Bertz CT molecular complexity index is 612. The van der Waals surface area contributed by atoms with Crippen molar-refractivity contribution in [3.8, 4) is 0 Å². The molecular formula is C41H79NO2. The monoisotopic (exact) mass is 618 g/mol. The van der Waals surface area contributed by atoms with Crippen LogP contribution >= 0.6 is 0 Å². The summed E-state index contributed by atoms with van der Waals surface area (Å²) < 4.78 is 12.0. The maximum atomic E-state index is 6.02. The Balaban J connectivity index is 3.47. The van der Waals surface area contributed by atoms with Crippen molar-refractivity contribution in [2.75, 3.05) is 40.5 Å². The van der Waals surface area contributed by atoms with Gasteiger partial charge < -0.3 is 14.4 Å². The molecule has 0 spiro atoms. The molecule has 0 aromatic heterocycles. The van der Waals surface area contributed by atoms with Crippen LogP contribution < -0.4 is 0 Å². The van der Waals surface area contributed by atoms with Crippen LogP contribution in [0.25, 0.3) is 0 Å². The van der Waals surface area contributed by atoms with Gasteiger partial charge in [-0.3, -0.25) is 0 Å². The van der Waals surface area contributed by atoms with Crippen molar-refractivity contribution in [1.29, 1.82) is 0 Å². The molecule has 0 saturated carbocycles. The minimum Gasteiger partial charge on any atom is -0.380 e. The van der Waals surface area contributed by atoms with Crippen molar-refractivity contribution in [2.45, 2.75) is 187 Å². The number of allylic oxidation sites excluding steroid dienone is 6. The van der Waals surface area contributed by atoms with Crippen molar-refractivity contribution < 1.29 is 9.47 Å². The van der Waals surface area contributed by atoms with E-state index in [1.807, 2.05) is 0 Å². The van der Waals surface area contributed by atoms with Crippen molar-refractivity contribution in [2.24, 2.45) is 0 Å². The zero-order chi connectivity index (χ0) is 32.0. The highest BCUT2D eigenvalue weighted by molar-refractivity contribution is 4.92. The third-order valence-electron chi connectivity index (χ3n) is 8.64. The second kappa shape index (κ2) is 38.3. The second-order valence-corrected chi connectivity index (χ2v) is 13.3. The summed E-state index contributed by atoms with van der Waals surface area (Å²) in [5, 5.41) is 0. The maximum Gasteiger partial charge on any atom is 0.0644 e. The summed E-state index contributed by atoms with van der Waals surface area (Å²) in [6.45, 7) is 7.84. The lowest BCUT2D eigenvalue weighted by Crippen LogP contribution is -2.37. The number of nitrogens with zero attached hydrogens (tertiary/aromatic N) is 1. The molecule has 0 saturated heterocycles. The summed E-state index contributed by atoms with van der Waals surface area (Å²) >= 11 is 0. The first kappa shape index (κ1) is 43.1. The Kier molecular flexibility index (Phi) is 37.5. The summed E-state index contributed by atoms with van der Waals surface area (Å²) in [7, 11) is 4.27. The molecule has 0 heterocycles. The van der Waals surface area contributed by atoms with Crippen LogP contribution in [-0.4, -0.2) is 51.5 Å². The Morgan fingerprint density at radius 2 is 0.727 bits per heavy atom. The number of hydrogen-bond donors (Lipinski definition) is 0. The van der Waals surface area contributed by atoms with Gasteiger partial charge in [-0.15, -0.1) is 0 Å². The minimum atomic E-state index is 0.348. The highest BCUT2D eigenvalue weighted by Crippen LogP contribution is 2.12. The van der Waals surface area contributed by atoms with Crippen LogP contribution in [0.1, 0.15) is 181 Å². The predicted octanol–water partition coefficient (Wildman–Crippen LogP) is 12.8. The molecule has 3 nitrogen and oxygen atoms in total. The number of ether oxygens (including phenoxy) is 2. The van der Waals surface area contributed by atoms with E-state index >= 15 is 0 Å². The number of hydrogen-bond acceptors (Lipinski definition) is 3. The van der Waals surface area contributed by atoms with Crippen LogP contribution in [0.3, 0.4) is 0 Å². The predicted molar refractivity (Wildman–Crippen MR) is 198 cm³/mol. The van der Waals surface area contributed by atoms with Crippen molar-refractivity contribution >= 4 is 0 Å². The molecule has 3 heteroatoms. The Labute approximate surface area is 277 Å². The fourth-order valence-electron chi connectivity index (χ4n) is 5.43. The number of likely N-dealkylation sites (N-methyl/N-ethyl adjacent to an activating group) is 1. The van der Waals surface area contributed by atoms with E-state index in [9.17, 15) is 0 Å². The van der Waals surface area contributed by atoms with Crippen LogP contribution in [-0.2, 0) is 9.47 Å². The summed E-state index contributed by atoms with van der Waals surface area (Å²) in [5.74, 6) is 0. The molecule has 260 valence electrons. The van der Waals surface area contributed by atoms with Crippen LogP contribution in [0.15, 0.2) is 36.5 Å². The lowest BCUT2D eigenvalue weighted by Gasteiger charge is -2.24. The quantitative estimate of drug-likeness (QED) is 0.0515. The number of unbranched alkanes of at least 4 members (excludes halogenated alkanes) is 21. The molecule has 1 atom stereocenters. The van der Waals surface area contributed by atoms with Crippen LogP contribution in [0.5, 0.6) is 0 Å². The van der Waals surface area contributed by atoms with Gasteiger partial charge in [0, 0.05) is 13.2 Å². The Morgan fingerprint density at radius 1 is 0.409 bits per heavy atom. The normalized spacial score (nSPS) is 13.0. The van der Waals surface area contributed by atoms with Gasteiger partial charge in [0.1, 0.15) is 0 Å². The molecule has 0 bridgehead atoms. The summed E-state index contributed by atoms with van der Waals surface area (Å²) in [4.78, 5) is 2.24. The molecule has 0 aromatic rings. The largest absolute Gasteiger partial charge is 0.380 e. The van der Waals surface area contributed by atoms with Gasteiger partial charge in [-0.05, 0) is 84.7 Å². The summed E-state index contributed by atoms with van der Waals surface area (Å²) in [5.41, 5.74) is 0. The van der Waals surface area contributed by atoms with Gasteiger partial charge in [0.2, 0.25) is 0 Å². The smallest absolute Gasteiger partial charge is 0.0644 e. The Morgan fingerprint density at radius 3 is 1.18 bits per heavy atom. The lowest BCUT2D eigenvalue weighted by atomic mass is 10.1. The van der Waals surface area contributed by atoms with Gasteiger partial charge >= 0.3 is 0 Å². The zero-order valence-corrected chi connectivity index (χ0v) is 30.5. The van der Waals surface area contributed by atoms with E-state index in [0.29, 0.717) is 6.04 Å². The molecule has 0 N–H and O–H groups in total. The van der Waals surface area contributed by atoms with E-state index in [1.165, 1.54) is 154 Å². The molecule has 0 aliphatic heterocycles. The van der Waals surface area contributed by atoms with Crippen LogP contribution in [0, 0.1) is 0 Å². The molecule has 0 radical (unpaired) electrons. The van der Waals surface area contributed by atoms with E-state index in [-0.39, 0.29) is 0 Å². The van der Waals surface area contributed by atoms with Gasteiger partial charge in [-0.25, -0.2) is 0 Å². The molecule has 0 aromatic carbocycles. The van der Waals surface area contributed by atoms with Gasteiger partial charge in [0.05, 0.1) is 19.3 Å². The molecule has 0 aliphatic rings. The number of rotatable bonds is 36. The fraction of sp³-hybridized carbons (Fsp3) is 0.854. The van der Waals surface area contributed by atoms with Gasteiger partial charge in [0.25, 0.3) is 0 Å². The third kappa shape index (κ3) is 35.6. The summed E-state index contributed by atoms with van der Waals surface area (Å²) in [6, 6.07) is 0.348. The standard InChI is InChI=1S/C41H79NO2/c1-5-7-9-11-13-15-17-19-21-23-25-27-29-31-33-35-37-43-39-41(42(3)4)40-44-38-36-34-32-30-28-26-24-22-20-18-16-14-12-10-8-6-2/h13,15,19,21,28,30,41H,5-12,14,16-18,20,22-27,29,31-40H2,1-4H3/b15-13-,21-19-,30-28-/t41-/m0/s1. The average Bonchev–Trinajstić information content (AvgIpc) is 3.02. The minimum absolute atomic E-state index is 0.348. The molecule has 0 aliphatic carbocycles. The topological polar surface area (TPSA) is 21.7 Å². The van der Waals surface area contributed by atoms with Gasteiger partial charge in [-0.1, -0.05) is 147 Å². The van der Waals surface area contributed by atoms with Crippen molar-refractivity contribution in [1.82, 2.24) is 4.90 Å². The van der Waals surface area contributed by atoms with Crippen LogP contribution in [0.4, 0.5) is 0 Å². The van der Waals surface area contributed by atoms with E-state index < -0.39 is 0 Å². The average molecular weight is 618 g/mol. The molecule has 0 unspecified atom stereocenters. The van der Waals surface area contributed by atoms with Crippen molar-refractivity contribution in [3.05, 3.63) is 36.5 Å². The fourth-order valence-corrected chi connectivity index (χ4v) is 5.43. The highest BCUT2D eigenvalue weighted by Gasteiger charge is 2.11. The molecule has 0 rings (SSSR count). The Hall–Kier alpha value is -0.900. The van der Waals surface area contributed by atoms with Crippen LogP contribution in [0.2, 0.25) is 0 Å². The zero-order valence-electron chi connectivity index (χ0n) is 30.5. The van der Waals surface area contributed by atoms with Gasteiger partial charge in [-0.2, -0.15) is 0 Å². The SMILES string of the molecule is CCCCC/C=C\C/C=C\CCCCCCCCOC[C@@H](COCCCC/C=C\CCCCCCCCCCCC)N(C)C. The molecule has 0 fully saturated rings. The van der Waals surface area contributed by atoms with E-state index in [4.69, 9.17) is 9.47 Å². The van der Waals surface area contributed by atoms with E-state index in [2.05, 4.69) is 69.3 Å².